The number of nitrogens with one attached hydrogen (secondary N) is 2. The number of benzene rings is 1. The highest BCUT2D eigenvalue weighted by atomic mass is 79.9. The Hall–Kier alpha value is -1.56. The normalized spacial score (nSPS) is 12.4. The average molecular weight is 282 g/mol. The van der Waals surface area contributed by atoms with Gasteiger partial charge in [-0.1, -0.05) is 15.9 Å². The van der Waals surface area contributed by atoms with Crippen molar-refractivity contribution >= 4 is 27.3 Å². The van der Waals surface area contributed by atoms with Crippen molar-refractivity contribution in [2.75, 3.05) is 11.1 Å². The summed E-state index contributed by atoms with van der Waals surface area (Å²) in [4.78, 5) is 4.08. The molecule has 1 aromatic carbocycles. The van der Waals surface area contributed by atoms with Crippen LogP contribution in [0.1, 0.15) is 18.8 Å². The summed E-state index contributed by atoms with van der Waals surface area (Å²) in [5.41, 5.74) is 7.44. The molecular formula is C10H12BrN5. The second kappa shape index (κ2) is 4.52. The SMILES string of the molecule is CC(Nc1cc(Br)ccc1N)c1ncn[nH]1. The standard InChI is InChI=1S/C10H12BrN5/c1-6(10-13-5-14-16-10)15-9-4-7(11)2-3-8(9)12/h2-6,15H,12H2,1H3,(H,13,14,16). The van der Waals surface area contributed by atoms with E-state index in [1.54, 1.807) is 0 Å². The van der Waals surface area contributed by atoms with Crippen molar-refractivity contribution in [2.45, 2.75) is 13.0 Å². The summed E-state index contributed by atoms with van der Waals surface area (Å²) in [5, 5.41) is 9.89. The van der Waals surface area contributed by atoms with Crippen molar-refractivity contribution in [3.63, 3.8) is 0 Å². The molecule has 6 heteroatoms. The van der Waals surface area contributed by atoms with E-state index >= 15 is 0 Å². The first-order chi connectivity index (χ1) is 7.66. The molecule has 1 atom stereocenters. The molecule has 1 unspecified atom stereocenters. The molecule has 0 saturated heterocycles. The Morgan fingerprint density at radius 2 is 2.31 bits per heavy atom. The molecule has 0 amide bonds. The first-order valence-corrected chi connectivity index (χ1v) is 5.63. The van der Waals surface area contributed by atoms with Crippen LogP contribution in [-0.4, -0.2) is 15.2 Å². The van der Waals surface area contributed by atoms with Gasteiger partial charge in [0.2, 0.25) is 0 Å². The average Bonchev–Trinajstić information content (AvgIpc) is 2.76. The van der Waals surface area contributed by atoms with Crippen molar-refractivity contribution in [1.82, 2.24) is 15.2 Å². The monoisotopic (exact) mass is 281 g/mol. The maximum Gasteiger partial charge on any atom is 0.146 e. The Morgan fingerprint density at radius 3 is 3.00 bits per heavy atom. The molecule has 16 heavy (non-hydrogen) atoms. The number of aromatic nitrogens is 3. The van der Waals surface area contributed by atoms with E-state index in [-0.39, 0.29) is 6.04 Å². The molecule has 0 bridgehead atoms. The maximum atomic E-state index is 5.86. The Labute approximate surface area is 102 Å². The summed E-state index contributed by atoms with van der Waals surface area (Å²) in [6.45, 7) is 1.99. The summed E-state index contributed by atoms with van der Waals surface area (Å²) in [6.07, 6.45) is 1.48. The van der Waals surface area contributed by atoms with E-state index in [1.165, 1.54) is 6.33 Å². The van der Waals surface area contributed by atoms with Crippen molar-refractivity contribution in [1.29, 1.82) is 0 Å². The smallest absolute Gasteiger partial charge is 0.146 e. The summed E-state index contributed by atoms with van der Waals surface area (Å²) in [7, 11) is 0. The number of hydrogen-bond donors (Lipinski definition) is 3. The number of nitrogen functional groups attached to an aromatic ring is 1. The lowest BCUT2D eigenvalue weighted by Crippen LogP contribution is -2.10. The van der Waals surface area contributed by atoms with E-state index in [0.717, 1.165) is 16.0 Å². The van der Waals surface area contributed by atoms with E-state index in [1.807, 2.05) is 25.1 Å². The van der Waals surface area contributed by atoms with Gasteiger partial charge in [-0.2, -0.15) is 5.10 Å². The summed E-state index contributed by atoms with van der Waals surface area (Å²) in [5.74, 6) is 0.777. The molecule has 2 aromatic rings. The second-order valence-corrected chi connectivity index (χ2v) is 4.38. The van der Waals surface area contributed by atoms with Crippen molar-refractivity contribution in [2.24, 2.45) is 0 Å². The molecule has 0 aliphatic heterocycles. The lowest BCUT2D eigenvalue weighted by molar-refractivity contribution is 0.796. The van der Waals surface area contributed by atoms with Crippen LogP contribution < -0.4 is 11.1 Å². The third kappa shape index (κ3) is 2.33. The molecule has 0 spiro atoms. The van der Waals surface area contributed by atoms with Gasteiger partial charge >= 0.3 is 0 Å². The number of hydrogen-bond acceptors (Lipinski definition) is 4. The molecule has 4 N–H and O–H groups in total. The van der Waals surface area contributed by atoms with Gasteiger partial charge in [-0.3, -0.25) is 5.10 Å². The first kappa shape index (κ1) is 10.9. The van der Waals surface area contributed by atoms with Crippen molar-refractivity contribution < 1.29 is 0 Å². The van der Waals surface area contributed by atoms with Gasteiger partial charge in [0.1, 0.15) is 12.2 Å². The van der Waals surface area contributed by atoms with Gasteiger partial charge < -0.3 is 11.1 Å². The van der Waals surface area contributed by atoms with Crippen LogP contribution in [0.3, 0.4) is 0 Å². The molecular weight excluding hydrogens is 270 g/mol. The zero-order valence-electron chi connectivity index (χ0n) is 8.74. The van der Waals surface area contributed by atoms with Crippen LogP contribution >= 0.6 is 15.9 Å². The molecule has 84 valence electrons. The minimum absolute atomic E-state index is 0.0269. The summed E-state index contributed by atoms with van der Waals surface area (Å²) >= 11 is 3.40. The zero-order chi connectivity index (χ0) is 11.5. The van der Waals surface area contributed by atoms with Crippen LogP contribution in [0.15, 0.2) is 29.0 Å². The highest BCUT2D eigenvalue weighted by Gasteiger charge is 2.09. The summed E-state index contributed by atoms with van der Waals surface area (Å²) < 4.78 is 0.981. The van der Waals surface area contributed by atoms with Gasteiger partial charge in [-0.15, -0.1) is 0 Å². The molecule has 0 saturated carbocycles. The van der Waals surface area contributed by atoms with Crippen LogP contribution in [0.4, 0.5) is 11.4 Å². The first-order valence-electron chi connectivity index (χ1n) is 4.83. The molecule has 1 heterocycles. The number of anilines is 2. The predicted octanol–water partition coefficient (Wildman–Crippen LogP) is 2.32. The van der Waals surface area contributed by atoms with Gasteiger partial charge in [-0.25, -0.2) is 4.98 Å². The number of aromatic amines is 1. The largest absolute Gasteiger partial charge is 0.397 e. The number of H-pyrrole nitrogens is 1. The third-order valence-electron chi connectivity index (χ3n) is 2.23. The third-order valence-corrected chi connectivity index (χ3v) is 2.72. The zero-order valence-corrected chi connectivity index (χ0v) is 10.3. The molecule has 0 aliphatic rings. The van der Waals surface area contributed by atoms with E-state index in [0.29, 0.717) is 5.69 Å². The Kier molecular flexibility index (Phi) is 3.09. The summed E-state index contributed by atoms with van der Waals surface area (Å²) in [6, 6.07) is 5.71. The van der Waals surface area contributed by atoms with Crippen LogP contribution in [0.5, 0.6) is 0 Å². The van der Waals surface area contributed by atoms with Gasteiger partial charge in [0, 0.05) is 4.47 Å². The molecule has 0 radical (unpaired) electrons. The molecule has 0 fully saturated rings. The van der Waals surface area contributed by atoms with Gasteiger partial charge in [-0.05, 0) is 25.1 Å². The van der Waals surface area contributed by atoms with E-state index in [2.05, 4.69) is 36.4 Å². The van der Waals surface area contributed by atoms with Crippen molar-refractivity contribution in [3.8, 4) is 0 Å². The Morgan fingerprint density at radius 1 is 1.50 bits per heavy atom. The fourth-order valence-electron chi connectivity index (χ4n) is 1.38. The highest BCUT2D eigenvalue weighted by Crippen LogP contribution is 2.26. The van der Waals surface area contributed by atoms with E-state index in [9.17, 15) is 0 Å². The highest BCUT2D eigenvalue weighted by molar-refractivity contribution is 9.10. The Balaban J connectivity index is 2.17. The topological polar surface area (TPSA) is 79.6 Å². The minimum Gasteiger partial charge on any atom is -0.397 e. The lowest BCUT2D eigenvalue weighted by Gasteiger charge is -2.14. The fourth-order valence-corrected chi connectivity index (χ4v) is 1.74. The second-order valence-electron chi connectivity index (χ2n) is 3.47. The number of halogens is 1. The molecule has 1 aromatic heterocycles. The Bertz CT molecular complexity index is 468. The van der Waals surface area contributed by atoms with Gasteiger partial charge in [0.25, 0.3) is 0 Å². The number of nitrogens with zero attached hydrogens (tertiary/aromatic N) is 2. The van der Waals surface area contributed by atoms with Crippen LogP contribution in [-0.2, 0) is 0 Å². The maximum absolute atomic E-state index is 5.86. The number of nitrogens with two attached hydrogens (primary N) is 1. The van der Waals surface area contributed by atoms with Crippen LogP contribution in [0.2, 0.25) is 0 Å². The number of rotatable bonds is 3. The van der Waals surface area contributed by atoms with Crippen LogP contribution in [0.25, 0.3) is 0 Å². The van der Waals surface area contributed by atoms with Crippen molar-refractivity contribution in [3.05, 3.63) is 34.8 Å². The van der Waals surface area contributed by atoms with E-state index in [4.69, 9.17) is 5.73 Å². The van der Waals surface area contributed by atoms with Gasteiger partial charge in [0.05, 0.1) is 17.4 Å². The van der Waals surface area contributed by atoms with Crippen LogP contribution in [0, 0.1) is 0 Å². The minimum atomic E-state index is 0.0269. The molecule has 0 aliphatic carbocycles. The molecule has 2 rings (SSSR count). The predicted molar refractivity (Wildman–Crippen MR) is 67.0 cm³/mol. The van der Waals surface area contributed by atoms with Gasteiger partial charge in [0.15, 0.2) is 0 Å². The lowest BCUT2D eigenvalue weighted by atomic mass is 10.2. The quantitative estimate of drug-likeness (QED) is 0.755. The van der Waals surface area contributed by atoms with E-state index < -0.39 is 0 Å². The molecule has 5 nitrogen and oxygen atoms in total. The fraction of sp³-hybridized carbons (Fsp3) is 0.200.